The average Bonchev–Trinajstić information content (AvgIpc) is 2.48. The van der Waals surface area contributed by atoms with E-state index >= 15 is 0 Å². The highest BCUT2D eigenvalue weighted by Crippen LogP contribution is 2.34. The van der Waals surface area contributed by atoms with Crippen molar-refractivity contribution in [2.45, 2.75) is 32.6 Å². The molecular weight excluding hydrogens is 264 g/mol. The van der Waals surface area contributed by atoms with Crippen LogP contribution in [0.2, 0.25) is 0 Å². The lowest BCUT2D eigenvalue weighted by atomic mass is 10.1. The molecule has 21 heavy (non-hydrogen) atoms. The summed E-state index contributed by atoms with van der Waals surface area (Å²) in [6.45, 7) is 2.15. The van der Waals surface area contributed by atoms with Gasteiger partial charge in [0, 0.05) is 0 Å². The first-order chi connectivity index (χ1) is 10.2. The van der Waals surface area contributed by atoms with E-state index in [1.165, 1.54) is 0 Å². The van der Waals surface area contributed by atoms with Gasteiger partial charge >= 0.3 is 0 Å². The number of aromatic hydroxyl groups is 2. The van der Waals surface area contributed by atoms with E-state index in [0.29, 0.717) is 11.4 Å². The van der Waals surface area contributed by atoms with Gasteiger partial charge in [0.2, 0.25) is 0 Å². The quantitative estimate of drug-likeness (QED) is 0.562. The Morgan fingerprint density at radius 3 is 2.38 bits per heavy atom. The Hall–Kier alpha value is -2.36. The summed E-state index contributed by atoms with van der Waals surface area (Å²) >= 11 is 0. The molecule has 0 spiro atoms. The number of hydrogen-bond donors (Lipinski definition) is 2. The second-order valence-corrected chi connectivity index (χ2v) is 4.93. The van der Waals surface area contributed by atoms with Gasteiger partial charge in [0.05, 0.1) is 0 Å². The molecule has 0 radical (unpaired) electrons. The average molecular weight is 284 g/mol. The SMILES string of the molecule is CCCCCc1cccc(O)c1N=Nc1ccccc1O. The van der Waals surface area contributed by atoms with Gasteiger partial charge in [-0.3, -0.25) is 0 Å². The van der Waals surface area contributed by atoms with Crippen LogP contribution in [-0.4, -0.2) is 10.2 Å². The lowest BCUT2D eigenvalue weighted by Gasteiger charge is -2.06. The Labute approximate surface area is 124 Å². The first-order valence-electron chi connectivity index (χ1n) is 7.23. The van der Waals surface area contributed by atoms with E-state index < -0.39 is 0 Å². The maximum absolute atomic E-state index is 9.98. The van der Waals surface area contributed by atoms with Crippen molar-refractivity contribution < 1.29 is 10.2 Å². The zero-order valence-corrected chi connectivity index (χ0v) is 12.2. The van der Waals surface area contributed by atoms with Crippen molar-refractivity contribution >= 4 is 11.4 Å². The predicted molar refractivity (Wildman–Crippen MR) is 83.6 cm³/mol. The Bertz CT molecular complexity index is 624. The first-order valence-corrected chi connectivity index (χ1v) is 7.23. The molecule has 0 aliphatic carbocycles. The molecule has 0 fully saturated rings. The molecule has 0 saturated heterocycles. The summed E-state index contributed by atoms with van der Waals surface area (Å²) in [5.41, 5.74) is 1.85. The number of nitrogens with zero attached hydrogens (tertiary/aromatic N) is 2. The number of phenols is 2. The fraction of sp³-hybridized carbons (Fsp3) is 0.294. The second-order valence-electron chi connectivity index (χ2n) is 4.93. The third kappa shape index (κ3) is 4.05. The maximum atomic E-state index is 9.98. The fourth-order valence-electron chi connectivity index (χ4n) is 2.11. The van der Waals surface area contributed by atoms with Crippen LogP contribution in [-0.2, 0) is 6.42 Å². The first kappa shape index (κ1) is 15.0. The molecule has 2 rings (SSSR count). The van der Waals surface area contributed by atoms with E-state index in [1.807, 2.05) is 12.1 Å². The molecule has 4 heteroatoms. The third-order valence-corrected chi connectivity index (χ3v) is 3.29. The zero-order chi connectivity index (χ0) is 15.1. The van der Waals surface area contributed by atoms with Gasteiger partial charge in [0.25, 0.3) is 0 Å². The highest BCUT2D eigenvalue weighted by atomic mass is 16.3. The highest BCUT2D eigenvalue weighted by molar-refractivity contribution is 5.58. The lowest BCUT2D eigenvalue weighted by molar-refractivity contribution is 0.473. The van der Waals surface area contributed by atoms with Gasteiger partial charge in [0.1, 0.15) is 22.9 Å². The summed E-state index contributed by atoms with van der Waals surface area (Å²) in [5.74, 6) is 0.187. The van der Waals surface area contributed by atoms with Crippen LogP contribution in [0.1, 0.15) is 31.7 Å². The van der Waals surface area contributed by atoms with Crippen molar-refractivity contribution in [3.63, 3.8) is 0 Å². The molecule has 4 nitrogen and oxygen atoms in total. The van der Waals surface area contributed by atoms with Crippen molar-refractivity contribution in [3.05, 3.63) is 48.0 Å². The molecule has 0 unspecified atom stereocenters. The van der Waals surface area contributed by atoms with Crippen LogP contribution >= 0.6 is 0 Å². The lowest BCUT2D eigenvalue weighted by Crippen LogP contribution is -1.86. The predicted octanol–water partition coefficient (Wildman–Crippen LogP) is 5.25. The maximum Gasteiger partial charge on any atom is 0.143 e. The Balaban J connectivity index is 2.24. The largest absolute Gasteiger partial charge is 0.506 e. The van der Waals surface area contributed by atoms with Crippen LogP contribution in [0.15, 0.2) is 52.7 Å². The third-order valence-electron chi connectivity index (χ3n) is 3.29. The normalized spacial score (nSPS) is 11.1. The van der Waals surface area contributed by atoms with E-state index in [4.69, 9.17) is 0 Å². The van der Waals surface area contributed by atoms with Crippen molar-refractivity contribution in [2.75, 3.05) is 0 Å². The van der Waals surface area contributed by atoms with Crippen LogP contribution in [0.4, 0.5) is 11.4 Å². The number of unbranched alkanes of at least 4 members (excludes halogenated alkanes) is 2. The minimum absolute atomic E-state index is 0.0733. The van der Waals surface area contributed by atoms with E-state index in [9.17, 15) is 10.2 Å². The Morgan fingerprint density at radius 2 is 1.62 bits per heavy atom. The second kappa shape index (κ2) is 7.43. The minimum Gasteiger partial charge on any atom is -0.506 e. The van der Waals surface area contributed by atoms with Crippen LogP contribution in [0.25, 0.3) is 0 Å². The van der Waals surface area contributed by atoms with Gasteiger partial charge < -0.3 is 10.2 Å². The molecule has 0 aromatic heterocycles. The van der Waals surface area contributed by atoms with Crippen molar-refractivity contribution in [1.82, 2.24) is 0 Å². The fourth-order valence-corrected chi connectivity index (χ4v) is 2.11. The molecule has 0 amide bonds. The summed E-state index contributed by atoms with van der Waals surface area (Å²) in [4.78, 5) is 0. The summed E-state index contributed by atoms with van der Waals surface area (Å²) in [7, 11) is 0. The van der Waals surface area contributed by atoms with Crippen LogP contribution in [0.5, 0.6) is 11.5 Å². The number of para-hydroxylation sites is 1. The molecule has 0 atom stereocenters. The molecule has 2 N–H and O–H groups in total. The Morgan fingerprint density at radius 1 is 0.857 bits per heavy atom. The van der Waals surface area contributed by atoms with Gasteiger partial charge in [-0.25, -0.2) is 0 Å². The van der Waals surface area contributed by atoms with Crippen molar-refractivity contribution in [1.29, 1.82) is 0 Å². The monoisotopic (exact) mass is 284 g/mol. The molecule has 0 aliphatic rings. The van der Waals surface area contributed by atoms with Crippen LogP contribution in [0, 0.1) is 0 Å². The minimum atomic E-state index is 0.0733. The van der Waals surface area contributed by atoms with E-state index in [2.05, 4.69) is 17.2 Å². The van der Waals surface area contributed by atoms with Gasteiger partial charge in [0.15, 0.2) is 0 Å². The summed E-state index contributed by atoms with van der Waals surface area (Å²) < 4.78 is 0. The summed E-state index contributed by atoms with van der Waals surface area (Å²) in [6, 6.07) is 12.1. The highest BCUT2D eigenvalue weighted by Gasteiger charge is 2.07. The number of rotatable bonds is 6. The smallest absolute Gasteiger partial charge is 0.143 e. The molecule has 0 saturated carbocycles. The van der Waals surface area contributed by atoms with E-state index in [0.717, 1.165) is 31.2 Å². The van der Waals surface area contributed by atoms with Gasteiger partial charge in [-0.15, -0.1) is 10.2 Å². The van der Waals surface area contributed by atoms with E-state index in [1.54, 1.807) is 30.3 Å². The molecular formula is C17H20N2O2. The number of benzene rings is 2. The van der Waals surface area contributed by atoms with E-state index in [-0.39, 0.29) is 11.5 Å². The number of phenolic OH excluding ortho intramolecular Hbond substituents is 2. The number of hydrogen-bond acceptors (Lipinski definition) is 4. The van der Waals surface area contributed by atoms with Gasteiger partial charge in [-0.2, -0.15) is 0 Å². The van der Waals surface area contributed by atoms with Crippen LogP contribution < -0.4 is 0 Å². The molecule has 110 valence electrons. The molecule has 0 bridgehead atoms. The van der Waals surface area contributed by atoms with Crippen molar-refractivity contribution in [3.8, 4) is 11.5 Å². The van der Waals surface area contributed by atoms with Gasteiger partial charge in [-0.05, 0) is 36.6 Å². The summed E-state index contributed by atoms with van der Waals surface area (Å²) in [6.07, 6.45) is 4.20. The number of azo groups is 1. The Kier molecular flexibility index (Phi) is 5.32. The van der Waals surface area contributed by atoms with Gasteiger partial charge in [-0.1, -0.05) is 44.0 Å². The molecule has 2 aromatic carbocycles. The topological polar surface area (TPSA) is 65.2 Å². The van der Waals surface area contributed by atoms with Crippen molar-refractivity contribution in [2.24, 2.45) is 10.2 Å². The van der Waals surface area contributed by atoms with Crippen LogP contribution in [0.3, 0.4) is 0 Å². The molecule has 2 aromatic rings. The standard InChI is InChI=1S/C17H20N2O2/c1-2-3-4-8-13-9-7-12-16(21)17(13)19-18-14-10-5-6-11-15(14)20/h5-7,9-12,20-21H,2-4,8H2,1H3. The zero-order valence-electron chi connectivity index (χ0n) is 12.2. The molecule has 0 aliphatic heterocycles. The molecule has 0 heterocycles. The number of aryl methyl sites for hydroxylation is 1. The summed E-state index contributed by atoms with van der Waals surface area (Å²) in [5, 5.41) is 27.8.